The van der Waals surface area contributed by atoms with Crippen LogP contribution in [0.15, 0.2) is 18.2 Å². The number of benzene rings is 1. The maximum atomic E-state index is 12.9. The van der Waals surface area contributed by atoms with E-state index in [9.17, 15) is 9.90 Å². The molecule has 2 aliphatic heterocycles. The van der Waals surface area contributed by atoms with Crippen molar-refractivity contribution in [3.8, 4) is 5.75 Å². The molecule has 4 rings (SSSR count). The van der Waals surface area contributed by atoms with E-state index in [1.165, 1.54) is 12.5 Å². The molecule has 2 N–H and O–H groups in total. The Bertz CT molecular complexity index is 872. The van der Waals surface area contributed by atoms with Crippen LogP contribution in [0, 0.1) is 0 Å². The van der Waals surface area contributed by atoms with Crippen molar-refractivity contribution in [1.82, 2.24) is 20.0 Å². The molecule has 2 fully saturated rings. The first kappa shape index (κ1) is 14.4. The second-order valence-electron chi connectivity index (χ2n) is 6.98. The summed E-state index contributed by atoms with van der Waals surface area (Å²) in [6.45, 7) is -2.58. The number of rotatable bonds is 2. The average molecular weight is 368 g/mol. The van der Waals surface area contributed by atoms with Crippen LogP contribution in [0.2, 0.25) is 0 Å². The molecule has 1 amide bonds. The van der Waals surface area contributed by atoms with Crippen molar-refractivity contribution in [1.29, 1.82) is 0 Å². The third-order valence-corrected chi connectivity index (χ3v) is 5.57. The van der Waals surface area contributed by atoms with Gasteiger partial charge in [-0.2, -0.15) is 5.10 Å². The SMILES string of the molecule is Cl.[2H]C([2H])([2H])n1nc(C(=O)NC2CC3CCCC(C2)N3C)c2cccc(O)c21. The zero-order valence-electron chi connectivity index (χ0n) is 17.1. The van der Waals surface area contributed by atoms with Crippen LogP contribution in [0.4, 0.5) is 0 Å². The number of aromatic nitrogens is 2. The average Bonchev–Trinajstić information content (AvgIpc) is 2.97. The van der Waals surface area contributed by atoms with Gasteiger partial charge in [0, 0.05) is 34.6 Å². The summed E-state index contributed by atoms with van der Waals surface area (Å²) in [6, 6.07) is 5.59. The highest BCUT2D eigenvalue weighted by Crippen LogP contribution is 2.33. The summed E-state index contributed by atoms with van der Waals surface area (Å²) in [7, 11) is 2.15. The van der Waals surface area contributed by atoms with Crippen molar-refractivity contribution >= 4 is 29.2 Å². The third-order valence-electron chi connectivity index (χ3n) is 5.57. The van der Waals surface area contributed by atoms with E-state index >= 15 is 0 Å². The standard InChI is InChI=1S/C18H24N4O2.ClH/c1-21-12-5-3-6-13(21)10-11(9-12)19-18(24)16-14-7-4-8-15(23)17(14)22(2)20-16;/h4,7-8,11-13,23H,3,5-6,9-10H2,1-2H3,(H,19,24);1H/i2D3;. The lowest BCUT2D eigenvalue weighted by Gasteiger charge is -2.47. The van der Waals surface area contributed by atoms with Crippen LogP contribution in [0.25, 0.3) is 10.9 Å². The lowest BCUT2D eigenvalue weighted by atomic mass is 9.82. The minimum atomic E-state index is -2.58. The molecular weight excluding hydrogens is 340 g/mol. The number of aryl methyl sites for hydroxylation is 1. The fraction of sp³-hybridized carbons (Fsp3) is 0.556. The van der Waals surface area contributed by atoms with Gasteiger partial charge in [-0.3, -0.25) is 9.48 Å². The Morgan fingerprint density at radius 3 is 2.76 bits per heavy atom. The topological polar surface area (TPSA) is 70.4 Å². The van der Waals surface area contributed by atoms with Crippen LogP contribution in [-0.2, 0) is 6.98 Å². The predicted molar refractivity (Wildman–Crippen MR) is 99.3 cm³/mol. The number of aromatic hydroxyl groups is 1. The maximum Gasteiger partial charge on any atom is 0.272 e. The van der Waals surface area contributed by atoms with Gasteiger partial charge >= 0.3 is 0 Å². The van der Waals surface area contributed by atoms with Gasteiger partial charge in [0.2, 0.25) is 0 Å². The second kappa shape index (κ2) is 6.84. The highest BCUT2D eigenvalue weighted by molar-refractivity contribution is 6.06. The van der Waals surface area contributed by atoms with Gasteiger partial charge in [-0.1, -0.05) is 18.6 Å². The quantitative estimate of drug-likeness (QED) is 0.855. The molecule has 0 aliphatic carbocycles. The van der Waals surface area contributed by atoms with Crippen molar-refractivity contribution in [3.63, 3.8) is 0 Å². The third kappa shape index (κ3) is 3.09. The van der Waals surface area contributed by atoms with Crippen molar-refractivity contribution in [2.75, 3.05) is 7.05 Å². The summed E-state index contributed by atoms with van der Waals surface area (Å²) in [5.41, 5.74) is 0.101. The number of phenolic OH excluding ortho intramolecular Hbond substituents is 1. The molecule has 2 aliphatic rings. The summed E-state index contributed by atoms with van der Waals surface area (Å²) in [4.78, 5) is 15.3. The molecule has 1 aromatic heterocycles. The fourth-order valence-corrected chi connectivity index (χ4v) is 4.30. The lowest BCUT2D eigenvalue weighted by Crippen LogP contribution is -2.55. The molecule has 2 bridgehead atoms. The van der Waals surface area contributed by atoms with Gasteiger partial charge in [0.05, 0.1) is 0 Å². The maximum absolute atomic E-state index is 12.9. The van der Waals surface area contributed by atoms with E-state index < -0.39 is 6.98 Å². The largest absolute Gasteiger partial charge is 0.506 e. The van der Waals surface area contributed by atoms with Gasteiger partial charge in [-0.05, 0) is 38.8 Å². The fourth-order valence-electron chi connectivity index (χ4n) is 4.30. The molecule has 25 heavy (non-hydrogen) atoms. The molecular formula is C18H25ClN4O2. The number of phenols is 1. The van der Waals surface area contributed by atoms with Crippen molar-refractivity contribution < 1.29 is 14.0 Å². The van der Waals surface area contributed by atoms with E-state index in [4.69, 9.17) is 4.11 Å². The number of fused-ring (bicyclic) bond motifs is 3. The number of nitrogens with one attached hydrogen (secondary N) is 1. The molecule has 2 unspecified atom stereocenters. The number of amides is 1. The molecule has 6 nitrogen and oxygen atoms in total. The first-order valence-electron chi connectivity index (χ1n) is 9.99. The summed E-state index contributed by atoms with van der Waals surface area (Å²) >= 11 is 0. The highest BCUT2D eigenvalue weighted by atomic mass is 35.5. The van der Waals surface area contributed by atoms with Crippen LogP contribution in [0.3, 0.4) is 0 Å². The summed E-state index contributed by atoms with van der Waals surface area (Å²) in [5, 5.41) is 17.6. The van der Waals surface area contributed by atoms with Crippen LogP contribution in [-0.4, -0.2) is 50.9 Å². The molecule has 2 atom stereocenters. The first-order chi connectivity index (χ1) is 12.8. The molecule has 0 saturated carbocycles. The smallest absolute Gasteiger partial charge is 0.272 e. The van der Waals surface area contributed by atoms with Crippen molar-refractivity contribution in [2.24, 2.45) is 6.98 Å². The Morgan fingerprint density at radius 1 is 1.36 bits per heavy atom. The van der Waals surface area contributed by atoms with E-state index in [-0.39, 0.29) is 41.3 Å². The Balaban J connectivity index is 0.00000225. The Labute approximate surface area is 157 Å². The molecule has 0 radical (unpaired) electrons. The van der Waals surface area contributed by atoms with E-state index in [0.29, 0.717) is 17.5 Å². The minimum Gasteiger partial charge on any atom is -0.506 e. The molecule has 2 saturated heterocycles. The summed E-state index contributed by atoms with van der Waals surface area (Å²) in [5.74, 6) is -0.592. The number of nitrogens with zero attached hydrogens (tertiary/aromatic N) is 3. The predicted octanol–water partition coefficient (Wildman–Crippen LogP) is 2.45. The monoisotopic (exact) mass is 367 g/mol. The summed E-state index contributed by atoms with van der Waals surface area (Å²) in [6.07, 6.45) is 5.30. The van der Waals surface area contributed by atoms with Gasteiger partial charge in [-0.15, -0.1) is 12.4 Å². The van der Waals surface area contributed by atoms with Gasteiger partial charge < -0.3 is 15.3 Å². The van der Waals surface area contributed by atoms with Crippen molar-refractivity contribution in [3.05, 3.63) is 23.9 Å². The number of para-hydroxylation sites is 1. The molecule has 2 aromatic rings. The lowest BCUT2D eigenvalue weighted by molar-refractivity contribution is 0.0462. The Kier molecular flexibility index (Phi) is 3.94. The molecule has 7 heteroatoms. The molecule has 0 spiro atoms. The minimum absolute atomic E-state index is 0. The number of piperidine rings is 2. The number of halogens is 1. The van der Waals surface area contributed by atoms with Crippen LogP contribution < -0.4 is 5.32 Å². The Hall–Kier alpha value is -1.79. The molecule has 136 valence electrons. The van der Waals surface area contributed by atoms with Gasteiger partial charge in [0.15, 0.2) is 5.69 Å². The zero-order valence-corrected chi connectivity index (χ0v) is 14.9. The Morgan fingerprint density at radius 2 is 2.08 bits per heavy atom. The highest BCUT2D eigenvalue weighted by Gasteiger charge is 2.36. The van der Waals surface area contributed by atoms with E-state index in [0.717, 1.165) is 30.4 Å². The number of hydrogen-bond acceptors (Lipinski definition) is 4. The van der Waals surface area contributed by atoms with Crippen LogP contribution >= 0.6 is 12.4 Å². The van der Waals surface area contributed by atoms with Crippen molar-refractivity contribution in [2.45, 2.75) is 50.2 Å². The van der Waals surface area contributed by atoms with E-state index in [1.54, 1.807) is 12.1 Å². The number of carbonyl (C=O) groups is 1. The molecule has 1 aromatic carbocycles. The number of carbonyl (C=O) groups excluding carboxylic acids is 1. The van der Waals surface area contributed by atoms with Gasteiger partial charge in [-0.25, -0.2) is 0 Å². The van der Waals surface area contributed by atoms with E-state index in [2.05, 4.69) is 22.4 Å². The van der Waals surface area contributed by atoms with Crippen LogP contribution in [0.1, 0.15) is 46.7 Å². The first-order valence-corrected chi connectivity index (χ1v) is 8.49. The van der Waals surface area contributed by atoms with Gasteiger partial charge in [0.1, 0.15) is 11.3 Å². The summed E-state index contributed by atoms with van der Waals surface area (Å²) < 4.78 is 23.7. The van der Waals surface area contributed by atoms with Crippen LogP contribution in [0.5, 0.6) is 5.75 Å². The number of hydrogen-bond donors (Lipinski definition) is 2. The normalized spacial score (nSPS) is 28.5. The van der Waals surface area contributed by atoms with E-state index in [1.807, 2.05) is 0 Å². The molecule has 3 heterocycles. The second-order valence-corrected chi connectivity index (χ2v) is 6.98. The zero-order chi connectivity index (χ0) is 19.3. The van der Waals surface area contributed by atoms with Gasteiger partial charge in [0.25, 0.3) is 5.91 Å².